The van der Waals surface area contributed by atoms with Crippen molar-refractivity contribution in [2.75, 3.05) is 21.3 Å². The molecule has 1 aromatic heterocycles. The first-order valence-electron chi connectivity index (χ1n) is 9.91. The molecule has 7 heteroatoms. The van der Waals surface area contributed by atoms with E-state index in [-0.39, 0.29) is 12.1 Å². The number of fused-ring (bicyclic) bond motifs is 1. The summed E-state index contributed by atoms with van der Waals surface area (Å²) in [5.74, 6) is 1.29. The van der Waals surface area contributed by atoms with Gasteiger partial charge in [0, 0.05) is 23.6 Å². The van der Waals surface area contributed by atoms with Gasteiger partial charge in [-0.3, -0.25) is 0 Å². The maximum atomic E-state index is 14.5. The average Bonchev–Trinajstić information content (AvgIpc) is 3.12. The number of rotatable bonds is 6. The van der Waals surface area contributed by atoms with Gasteiger partial charge in [-0.05, 0) is 29.3 Å². The van der Waals surface area contributed by atoms with Crippen LogP contribution < -0.4 is 14.2 Å². The van der Waals surface area contributed by atoms with E-state index >= 15 is 0 Å². The summed E-state index contributed by atoms with van der Waals surface area (Å²) in [6.07, 6.45) is -4.59. The van der Waals surface area contributed by atoms with Crippen molar-refractivity contribution in [3.8, 4) is 28.4 Å². The van der Waals surface area contributed by atoms with E-state index in [0.717, 1.165) is 5.56 Å². The molecule has 4 rings (SSSR count). The maximum absolute atomic E-state index is 14.5. The summed E-state index contributed by atoms with van der Waals surface area (Å²) in [6.45, 7) is 0.0534. The quantitative estimate of drug-likeness (QED) is 0.347. The number of nitrogens with zero attached hydrogens (tertiary/aromatic N) is 1. The molecule has 0 radical (unpaired) electrons. The normalized spacial score (nSPS) is 11.6. The molecule has 0 aliphatic carbocycles. The standard InChI is InChI=1S/C25H22F3NO3/c1-30-18-11-9-17(10-12-18)23-19-13-21(31-2)22(32-3)14-20(19)29(24(23)25(26,27)28)15-16-7-5-4-6-8-16/h4-14H,15H2,1-3H3. The molecule has 166 valence electrons. The second kappa shape index (κ2) is 8.49. The van der Waals surface area contributed by atoms with Gasteiger partial charge in [-0.1, -0.05) is 42.5 Å². The Hall–Kier alpha value is -3.61. The van der Waals surface area contributed by atoms with Crippen molar-refractivity contribution in [2.24, 2.45) is 0 Å². The summed E-state index contributed by atoms with van der Waals surface area (Å²) >= 11 is 0. The van der Waals surface area contributed by atoms with Crippen LogP contribution in [-0.2, 0) is 12.7 Å². The minimum absolute atomic E-state index is 0.0534. The van der Waals surface area contributed by atoms with Gasteiger partial charge in [0.2, 0.25) is 0 Å². The third kappa shape index (κ3) is 3.86. The second-order valence-electron chi connectivity index (χ2n) is 7.25. The Labute approximate surface area is 183 Å². The van der Waals surface area contributed by atoms with Crippen LogP contribution in [0.15, 0.2) is 66.7 Å². The molecule has 0 atom stereocenters. The Bertz CT molecular complexity index is 1230. The predicted octanol–water partition coefficient (Wildman–Crippen LogP) is 6.40. The van der Waals surface area contributed by atoms with Crippen LogP contribution in [0.3, 0.4) is 0 Å². The number of aromatic nitrogens is 1. The first-order valence-corrected chi connectivity index (χ1v) is 9.91. The topological polar surface area (TPSA) is 32.6 Å². The predicted molar refractivity (Wildman–Crippen MR) is 118 cm³/mol. The molecule has 0 aliphatic rings. The van der Waals surface area contributed by atoms with Crippen LogP contribution >= 0.6 is 0 Å². The number of ether oxygens (including phenoxy) is 3. The Balaban J connectivity index is 2.09. The van der Waals surface area contributed by atoms with E-state index in [1.54, 1.807) is 48.5 Å². The first kappa shape index (κ1) is 21.6. The average molecular weight is 441 g/mol. The van der Waals surface area contributed by atoms with Gasteiger partial charge in [-0.15, -0.1) is 0 Å². The molecule has 0 bridgehead atoms. The van der Waals surface area contributed by atoms with Crippen molar-refractivity contribution < 1.29 is 27.4 Å². The highest BCUT2D eigenvalue weighted by Gasteiger charge is 2.40. The van der Waals surface area contributed by atoms with E-state index in [0.29, 0.717) is 33.7 Å². The molecule has 4 aromatic rings. The smallest absolute Gasteiger partial charge is 0.432 e. The van der Waals surface area contributed by atoms with Crippen molar-refractivity contribution in [3.63, 3.8) is 0 Å². The molecule has 0 spiro atoms. The summed E-state index contributed by atoms with van der Waals surface area (Å²) in [7, 11) is 4.44. The molecule has 0 fully saturated rings. The Morgan fingerprint density at radius 1 is 0.781 bits per heavy atom. The second-order valence-corrected chi connectivity index (χ2v) is 7.25. The fraction of sp³-hybridized carbons (Fsp3) is 0.200. The molecular weight excluding hydrogens is 419 g/mol. The highest BCUT2D eigenvalue weighted by atomic mass is 19.4. The van der Waals surface area contributed by atoms with Gasteiger partial charge in [0.1, 0.15) is 11.4 Å². The molecule has 0 N–H and O–H groups in total. The van der Waals surface area contributed by atoms with Gasteiger partial charge in [-0.25, -0.2) is 0 Å². The summed E-state index contributed by atoms with van der Waals surface area (Å²) in [4.78, 5) is 0. The Kier molecular flexibility index (Phi) is 5.74. The fourth-order valence-corrected chi connectivity index (χ4v) is 3.95. The number of alkyl halides is 3. The maximum Gasteiger partial charge on any atom is 0.432 e. The summed E-state index contributed by atoms with van der Waals surface area (Å²) in [5.41, 5.74) is 0.960. The lowest BCUT2D eigenvalue weighted by molar-refractivity contribution is -0.142. The van der Waals surface area contributed by atoms with Crippen molar-refractivity contribution >= 4 is 10.9 Å². The zero-order chi connectivity index (χ0) is 22.9. The van der Waals surface area contributed by atoms with Crippen LogP contribution in [0.1, 0.15) is 11.3 Å². The van der Waals surface area contributed by atoms with Crippen molar-refractivity contribution in [1.29, 1.82) is 0 Å². The van der Waals surface area contributed by atoms with Crippen molar-refractivity contribution in [2.45, 2.75) is 12.7 Å². The van der Waals surface area contributed by atoms with E-state index in [4.69, 9.17) is 14.2 Å². The zero-order valence-electron chi connectivity index (χ0n) is 17.9. The third-order valence-electron chi connectivity index (χ3n) is 5.40. The third-order valence-corrected chi connectivity index (χ3v) is 5.40. The van der Waals surface area contributed by atoms with E-state index in [1.807, 2.05) is 18.2 Å². The Morgan fingerprint density at radius 3 is 1.97 bits per heavy atom. The molecule has 4 nitrogen and oxygen atoms in total. The van der Waals surface area contributed by atoms with Crippen molar-refractivity contribution in [1.82, 2.24) is 4.57 Å². The molecule has 1 heterocycles. The van der Waals surface area contributed by atoms with Crippen LogP contribution in [0.25, 0.3) is 22.0 Å². The highest BCUT2D eigenvalue weighted by molar-refractivity contribution is 6.00. The SMILES string of the molecule is COc1ccc(-c2c(C(F)(F)F)n(Cc3ccccc3)c3cc(OC)c(OC)cc23)cc1. The number of hydrogen-bond acceptors (Lipinski definition) is 3. The first-order chi connectivity index (χ1) is 15.4. The van der Waals surface area contributed by atoms with Crippen LogP contribution in [0.5, 0.6) is 17.2 Å². The van der Waals surface area contributed by atoms with Crippen LogP contribution in [0.2, 0.25) is 0 Å². The molecule has 0 amide bonds. The Morgan fingerprint density at radius 2 is 1.41 bits per heavy atom. The van der Waals surface area contributed by atoms with Gasteiger partial charge in [0.25, 0.3) is 0 Å². The summed E-state index contributed by atoms with van der Waals surface area (Å²) in [5, 5.41) is 0.427. The lowest BCUT2D eigenvalue weighted by Crippen LogP contribution is -2.15. The van der Waals surface area contributed by atoms with Crippen molar-refractivity contribution in [3.05, 3.63) is 78.0 Å². The number of benzene rings is 3. The molecular formula is C25H22F3NO3. The highest BCUT2D eigenvalue weighted by Crippen LogP contribution is 2.46. The van der Waals surface area contributed by atoms with E-state index in [2.05, 4.69) is 0 Å². The van der Waals surface area contributed by atoms with Crippen LogP contribution in [0, 0.1) is 0 Å². The number of hydrogen-bond donors (Lipinski definition) is 0. The van der Waals surface area contributed by atoms with E-state index in [1.165, 1.54) is 25.9 Å². The molecule has 0 saturated carbocycles. The van der Waals surface area contributed by atoms with Gasteiger partial charge < -0.3 is 18.8 Å². The molecule has 0 aliphatic heterocycles. The number of halogens is 3. The van der Waals surface area contributed by atoms with Gasteiger partial charge in [0.05, 0.1) is 26.8 Å². The number of methoxy groups -OCH3 is 3. The van der Waals surface area contributed by atoms with Gasteiger partial charge in [-0.2, -0.15) is 13.2 Å². The summed E-state index contributed by atoms with van der Waals surface area (Å²) in [6, 6.07) is 18.8. The van der Waals surface area contributed by atoms with Gasteiger partial charge in [0.15, 0.2) is 11.5 Å². The zero-order valence-corrected chi connectivity index (χ0v) is 17.9. The molecule has 32 heavy (non-hydrogen) atoms. The van der Waals surface area contributed by atoms with E-state index in [9.17, 15) is 13.2 Å². The summed E-state index contributed by atoms with van der Waals surface area (Å²) < 4.78 is 60.9. The minimum Gasteiger partial charge on any atom is -0.497 e. The molecule has 0 saturated heterocycles. The lowest BCUT2D eigenvalue weighted by atomic mass is 10.0. The van der Waals surface area contributed by atoms with Gasteiger partial charge >= 0.3 is 6.18 Å². The molecule has 0 unspecified atom stereocenters. The van der Waals surface area contributed by atoms with E-state index < -0.39 is 11.9 Å². The van der Waals surface area contributed by atoms with Crippen LogP contribution in [0.4, 0.5) is 13.2 Å². The fourth-order valence-electron chi connectivity index (χ4n) is 3.95. The minimum atomic E-state index is -4.59. The largest absolute Gasteiger partial charge is 0.497 e. The van der Waals surface area contributed by atoms with Crippen LogP contribution in [-0.4, -0.2) is 25.9 Å². The monoisotopic (exact) mass is 441 g/mol. The lowest BCUT2D eigenvalue weighted by Gasteiger charge is -2.15. The molecule has 3 aromatic carbocycles.